The van der Waals surface area contributed by atoms with Crippen LogP contribution in [0.3, 0.4) is 0 Å². The monoisotopic (exact) mass is 498 g/mol. The molecule has 11 nitrogen and oxygen atoms in total. The molecule has 1 aromatic carbocycles. The van der Waals surface area contributed by atoms with Gasteiger partial charge in [-0.1, -0.05) is 11.8 Å². The highest BCUT2D eigenvalue weighted by Crippen LogP contribution is 2.41. The summed E-state index contributed by atoms with van der Waals surface area (Å²) in [5.41, 5.74) is 1.21. The van der Waals surface area contributed by atoms with Gasteiger partial charge in [0.05, 0.1) is 51.7 Å². The van der Waals surface area contributed by atoms with Gasteiger partial charge in [-0.2, -0.15) is 5.26 Å². The van der Waals surface area contributed by atoms with Crippen molar-refractivity contribution in [3.8, 4) is 6.07 Å². The lowest BCUT2D eigenvalue weighted by Crippen LogP contribution is -2.29. The minimum atomic E-state index is -0.813. The Morgan fingerprint density at radius 3 is 2.63 bits per heavy atom. The van der Waals surface area contributed by atoms with Gasteiger partial charge in [0.1, 0.15) is 12.4 Å². The summed E-state index contributed by atoms with van der Waals surface area (Å²) >= 11 is 1.08. The van der Waals surface area contributed by atoms with Crippen molar-refractivity contribution in [2.45, 2.75) is 12.8 Å². The molecule has 0 spiro atoms. The standard InChI is InChI=1S/C23H22N4O7S/c1-14-20(23(29)34-11-10-32-2)21(18-4-3-9-33-18)17(12-24)22(25-14)35-13-19(28)26-15-5-7-16(8-6-15)27(30)31/h3-9,21,25H,10-11,13H2,1-2H3,(H,26,28)/t21-/m0/s1. The van der Waals surface area contributed by atoms with E-state index < -0.39 is 16.8 Å². The highest BCUT2D eigenvalue weighted by atomic mass is 32.2. The van der Waals surface area contributed by atoms with Crippen LogP contribution in [0.2, 0.25) is 0 Å². The summed E-state index contributed by atoms with van der Waals surface area (Å²) in [6.45, 7) is 1.95. The van der Waals surface area contributed by atoms with Gasteiger partial charge in [-0.05, 0) is 31.2 Å². The van der Waals surface area contributed by atoms with E-state index in [0.29, 0.717) is 22.2 Å². The zero-order valence-electron chi connectivity index (χ0n) is 18.9. The van der Waals surface area contributed by atoms with E-state index in [1.807, 2.05) is 0 Å². The molecule has 1 aromatic heterocycles. The molecule has 1 aliphatic heterocycles. The maximum atomic E-state index is 12.8. The zero-order chi connectivity index (χ0) is 25.4. The third-order valence-corrected chi connectivity index (χ3v) is 5.94. The lowest BCUT2D eigenvalue weighted by molar-refractivity contribution is -0.384. The lowest BCUT2D eigenvalue weighted by Gasteiger charge is -2.27. The number of carbonyl (C=O) groups is 2. The number of hydrogen-bond donors (Lipinski definition) is 2. The average molecular weight is 499 g/mol. The number of anilines is 1. The SMILES string of the molecule is COCCOC(=O)C1=C(C)NC(SCC(=O)Nc2ccc([N+](=O)[O-])cc2)=C(C#N)[C@H]1c1ccco1. The Bertz CT molecular complexity index is 1200. The molecule has 0 bridgehead atoms. The number of allylic oxidation sites excluding steroid dienone is 2. The lowest BCUT2D eigenvalue weighted by atomic mass is 9.86. The van der Waals surface area contributed by atoms with Crippen molar-refractivity contribution < 1.29 is 28.4 Å². The second-order valence-electron chi connectivity index (χ2n) is 7.24. The van der Waals surface area contributed by atoms with E-state index in [2.05, 4.69) is 16.7 Å². The minimum absolute atomic E-state index is 0.0486. The maximum Gasteiger partial charge on any atom is 0.336 e. The number of thioether (sulfide) groups is 1. The average Bonchev–Trinajstić information content (AvgIpc) is 3.37. The number of nitro benzene ring substituents is 1. The van der Waals surface area contributed by atoms with Crippen molar-refractivity contribution in [3.63, 3.8) is 0 Å². The smallest absolute Gasteiger partial charge is 0.336 e. The first-order chi connectivity index (χ1) is 16.8. The molecule has 2 N–H and O–H groups in total. The minimum Gasteiger partial charge on any atom is -0.468 e. The van der Waals surface area contributed by atoms with E-state index >= 15 is 0 Å². The third kappa shape index (κ3) is 6.28. The number of non-ortho nitro benzene ring substituents is 1. The van der Waals surface area contributed by atoms with Gasteiger partial charge in [0.15, 0.2) is 0 Å². The van der Waals surface area contributed by atoms with Crippen molar-refractivity contribution in [2.24, 2.45) is 0 Å². The Hall–Kier alpha value is -4.08. The molecule has 3 rings (SSSR count). The van der Waals surface area contributed by atoms with Gasteiger partial charge < -0.3 is 24.5 Å². The van der Waals surface area contributed by atoms with Crippen LogP contribution < -0.4 is 10.6 Å². The number of amides is 1. The zero-order valence-corrected chi connectivity index (χ0v) is 19.7. The van der Waals surface area contributed by atoms with E-state index in [0.717, 1.165) is 11.8 Å². The molecular formula is C23H22N4O7S. The molecule has 0 fully saturated rings. The van der Waals surface area contributed by atoms with Crippen molar-refractivity contribution in [1.29, 1.82) is 5.26 Å². The third-order valence-electron chi connectivity index (χ3n) is 4.93. The van der Waals surface area contributed by atoms with Gasteiger partial charge in [0.2, 0.25) is 5.91 Å². The van der Waals surface area contributed by atoms with Crippen LogP contribution in [0.4, 0.5) is 11.4 Å². The van der Waals surface area contributed by atoms with Gasteiger partial charge in [-0.3, -0.25) is 14.9 Å². The van der Waals surface area contributed by atoms with Crippen molar-refractivity contribution in [3.05, 3.63) is 80.4 Å². The molecule has 0 saturated heterocycles. The number of benzene rings is 1. The fraction of sp³-hybridized carbons (Fsp3) is 0.261. The summed E-state index contributed by atoms with van der Waals surface area (Å²) < 4.78 is 15.7. The van der Waals surface area contributed by atoms with Gasteiger partial charge in [0.25, 0.3) is 5.69 Å². The van der Waals surface area contributed by atoms with Crippen LogP contribution >= 0.6 is 11.8 Å². The molecule has 182 valence electrons. The number of rotatable bonds is 10. The van der Waals surface area contributed by atoms with Gasteiger partial charge >= 0.3 is 5.97 Å². The van der Waals surface area contributed by atoms with E-state index in [4.69, 9.17) is 13.9 Å². The number of ether oxygens (including phenoxy) is 2. The molecule has 1 atom stereocenters. The van der Waals surface area contributed by atoms with E-state index in [1.165, 1.54) is 37.6 Å². The van der Waals surface area contributed by atoms with Gasteiger partial charge in [-0.15, -0.1) is 0 Å². The summed E-state index contributed by atoms with van der Waals surface area (Å²) in [5, 5.41) is 26.8. The first-order valence-corrected chi connectivity index (χ1v) is 11.3. The van der Waals surface area contributed by atoms with Crippen LogP contribution in [0.1, 0.15) is 18.6 Å². The predicted molar refractivity (Wildman–Crippen MR) is 127 cm³/mol. The van der Waals surface area contributed by atoms with Gasteiger partial charge in [0, 0.05) is 30.6 Å². The van der Waals surface area contributed by atoms with Crippen LogP contribution in [0, 0.1) is 21.4 Å². The van der Waals surface area contributed by atoms with Crippen LogP contribution in [0.25, 0.3) is 0 Å². The summed E-state index contributed by atoms with van der Waals surface area (Å²) in [6, 6.07) is 10.9. The largest absolute Gasteiger partial charge is 0.468 e. The molecule has 0 radical (unpaired) electrons. The Morgan fingerprint density at radius 2 is 2.03 bits per heavy atom. The first kappa shape index (κ1) is 25.5. The molecule has 1 aliphatic rings. The number of nitrogens with zero attached hydrogens (tertiary/aromatic N) is 2. The Kier molecular flexibility index (Phi) is 8.66. The van der Waals surface area contributed by atoms with Crippen LogP contribution in [0.5, 0.6) is 0 Å². The molecule has 0 unspecified atom stereocenters. The second-order valence-corrected chi connectivity index (χ2v) is 8.22. The van der Waals surface area contributed by atoms with E-state index in [1.54, 1.807) is 19.1 Å². The first-order valence-electron chi connectivity index (χ1n) is 10.3. The fourth-order valence-electron chi connectivity index (χ4n) is 3.33. The quantitative estimate of drug-likeness (QED) is 0.215. The van der Waals surface area contributed by atoms with E-state index in [-0.39, 0.29) is 41.7 Å². The number of nitrogens with one attached hydrogen (secondary N) is 2. The Labute approximate surface area is 204 Å². The number of dihydropyridines is 1. The van der Waals surface area contributed by atoms with Crippen LogP contribution in [-0.4, -0.2) is 42.9 Å². The molecule has 0 aliphatic carbocycles. The molecule has 2 aromatic rings. The fourth-order valence-corrected chi connectivity index (χ4v) is 4.23. The Balaban J connectivity index is 1.78. The molecule has 2 heterocycles. The number of nitriles is 1. The van der Waals surface area contributed by atoms with E-state index in [9.17, 15) is 25.0 Å². The van der Waals surface area contributed by atoms with Crippen LogP contribution in [0.15, 0.2) is 69.0 Å². The molecule has 35 heavy (non-hydrogen) atoms. The van der Waals surface area contributed by atoms with Crippen molar-refractivity contribution in [1.82, 2.24) is 5.32 Å². The molecule has 12 heteroatoms. The Morgan fingerprint density at radius 1 is 1.29 bits per heavy atom. The maximum absolute atomic E-state index is 12.8. The number of methoxy groups -OCH3 is 1. The summed E-state index contributed by atoms with van der Waals surface area (Å²) in [6.07, 6.45) is 1.44. The van der Waals surface area contributed by atoms with Gasteiger partial charge in [-0.25, -0.2) is 4.79 Å². The molecule has 1 amide bonds. The number of nitro groups is 1. The summed E-state index contributed by atoms with van der Waals surface area (Å²) in [5.74, 6) is -1.48. The number of carbonyl (C=O) groups excluding carboxylic acids is 2. The second kappa shape index (κ2) is 11.9. The predicted octanol–water partition coefficient (Wildman–Crippen LogP) is 3.45. The topological polar surface area (TPSA) is 157 Å². The normalized spacial score (nSPS) is 15.3. The van der Waals surface area contributed by atoms with Crippen molar-refractivity contribution >= 4 is 35.0 Å². The highest BCUT2D eigenvalue weighted by Gasteiger charge is 2.37. The highest BCUT2D eigenvalue weighted by molar-refractivity contribution is 8.03. The summed E-state index contributed by atoms with van der Waals surface area (Å²) in [4.78, 5) is 35.5. The number of furan rings is 1. The number of hydrogen-bond acceptors (Lipinski definition) is 10. The molecular weight excluding hydrogens is 476 g/mol. The summed E-state index contributed by atoms with van der Waals surface area (Å²) in [7, 11) is 1.49. The number of esters is 1. The van der Waals surface area contributed by atoms with Crippen LogP contribution in [-0.2, 0) is 19.1 Å². The molecule has 0 saturated carbocycles. The van der Waals surface area contributed by atoms with Crippen molar-refractivity contribution in [2.75, 3.05) is 31.4 Å².